The van der Waals surface area contributed by atoms with Gasteiger partial charge in [-0.2, -0.15) is 0 Å². The molecule has 1 aliphatic heterocycles. The van der Waals surface area contributed by atoms with Gasteiger partial charge in [-0.1, -0.05) is 42.5 Å². The van der Waals surface area contributed by atoms with E-state index in [1.165, 1.54) is 16.8 Å². The average Bonchev–Trinajstić information content (AvgIpc) is 3.19. The third-order valence-electron chi connectivity index (χ3n) is 5.87. The van der Waals surface area contributed by atoms with E-state index in [1.807, 2.05) is 31.2 Å². The third kappa shape index (κ3) is 4.57. The number of amides is 1. The Kier molecular flexibility index (Phi) is 6.19. The van der Waals surface area contributed by atoms with E-state index in [-0.39, 0.29) is 18.6 Å². The number of carbonyl (C=O) groups excluding carboxylic acids is 1. The zero-order valence-corrected chi connectivity index (χ0v) is 17.7. The number of ether oxygens (including phenoxy) is 1. The van der Waals surface area contributed by atoms with Crippen molar-refractivity contribution in [2.75, 3.05) is 19.7 Å². The molecule has 1 atom stereocenters. The number of hydrogen-bond acceptors (Lipinski definition) is 3. The number of aryl methyl sites for hydroxylation is 2. The molecule has 0 aliphatic carbocycles. The molecule has 1 amide bonds. The lowest BCUT2D eigenvalue weighted by atomic mass is 9.98. The molecule has 5 nitrogen and oxygen atoms in total. The molecule has 0 unspecified atom stereocenters. The van der Waals surface area contributed by atoms with Crippen LogP contribution in [0.25, 0.3) is 0 Å². The smallest absolute Gasteiger partial charge is 0.258 e. The van der Waals surface area contributed by atoms with Crippen LogP contribution in [0.1, 0.15) is 28.4 Å². The van der Waals surface area contributed by atoms with Crippen LogP contribution in [0, 0.1) is 6.92 Å². The number of hydrogen-bond donors (Lipinski definition) is 1. The molecule has 4 rings (SSSR count). The lowest BCUT2D eigenvalue weighted by Gasteiger charge is -2.36. The highest BCUT2D eigenvalue weighted by Crippen LogP contribution is 2.27. The summed E-state index contributed by atoms with van der Waals surface area (Å²) in [4.78, 5) is 15.0. The maximum absolute atomic E-state index is 12.5. The van der Waals surface area contributed by atoms with Crippen molar-refractivity contribution in [3.05, 3.63) is 89.2 Å². The van der Waals surface area contributed by atoms with Gasteiger partial charge in [0.15, 0.2) is 6.61 Å². The van der Waals surface area contributed by atoms with E-state index in [0.29, 0.717) is 6.54 Å². The number of fused-ring (bicyclic) bond motifs is 1. The molecule has 1 N–H and O–H groups in total. The van der Waals surface area contributed by atoms with E-state index in [9.17, 15) is 4.79 Å². The van der Waals surface area contributed by atoms with Gasteiger partial charge in [-0.05, 0) is 48.2 Å². The molecular weight excluding hydrogens is 374 g/mol. The van der Waals surface area contributed by atoms with Gasteiger partial charge in [0.2, 0.25) is 0 Å². The van der Waals surface area contributed by atoms with Crippen LogP contribution in [0.2, 0.25) is 0 Å². The van der Waals surface area contributed by atoms with Crippen LogP contribution >= 0.6 is 0 Å². The maximum Gasteiger partial charge on any atom is 0.258 e. The summed E-state index contributed by atoms with van der Waals surface area (Å²) in [5.41, 5.74) is 5.03. The lowest BCUT2D eigenvalue weighted by Crippen LogP contribution is -2.42. The lowest BCUT2D eigenvalue weighted by molar-refractivity contribution is -0.123. The van der Waals surface area contributed by atoms with E-state index >= 15 is 0 Å². The van der Waals surface area contributed by atoms with Crippen molar-refractivity contribution >= 4 is 5.91 Å². The molecule has 0 saturated carbocycles. The molecule has 2 heterocycles. The first-order chi connectivity index (χ1) is 14.6. The molecule has 1 aliphatic rings. The van der Waals surface area contributed by atoms with Gasteiger partial charge in [0.05, 0.1) is 6.04 Å². The number of benzene rings is 2. The van der Waals surface area contributed by atoms with E-state index in [1.54, 1.807) is 0 Å². The van der Waals surface area contributed by atoms with Crippen LogP contribution in [0.15, 0.2) is 66.9 Å². The minimum Gasteiger partial charge on any atom is -0.484 e. The summed E-state index contributed by atoms with van der Waals surface area (Å²) in [7, 11) is 2.06. The molecule has 0 saturated heterocycles. The topological polar surface area (TPSA) is 46.5 Å². The second kappa shape index (κ2) is 9.18. The molecule has 0 spiro atoms. The number of nitrogens with zero attached hydrogens (tertiary/aromatic N) is 2. The Hall–Kier alpha value is -3.05. The molecule has 30 heavy (non-hydrogen) atoms. The third-order valence-corrected chi connectivity index (χ3v) is 5.87. The number of para-hydroxylation sites is 1. The molecule has 1 aromatic heterocycles. The van der Waals surface area contributed by atoms with Gasteiger partial charge in [0.1, 0.15) is 5.75 Å². The highest BCUT2D eigenvalue weighted by Gasteiger charge is 2.26. The van der Waals surface area contributed by atoms with Gasteiger partial charge in [0, 0.05) is 38.6 Å². The van der Waals surface area contributed by atoms with Crippen molar-refractivity contribution in [2.45, 2.75) is 25.9 Å². The summed E-state index contributed by atoms with van der Waals surface area (Å²) in [5.74, 6) is 0.647. The van der Waals surface area contributed by atoms with Gasteiger partial charge >= 0.3 is 0 Å². The van der Waals surface area contributed by atoms with Crippen molar-refractivity contribution in [2.24, 2.45) is 7.05 Å². The minimum absolute atomic E-state index is 0.0214. The second-order valence-corrected chi connectivity index (χ2v) is 7.91. The highest BCUT2D eigenvalue weighted by molar-refractivity contribution is 5.77. The van der Waals surface area contributed by atoms with Crippen LogP contribution in [0.4, 0.5) is 0 Å². The first kappa shape index (κ1) is 20.2. The molecule has 3 aromatic rings. The normalized spacial score (nSPS) is 14.7. The van der Waals surface area contributed by atoms with Gasteiger partial charge in [-0.15, -0.1) is 0 Å². The Morgan fingerprint density at radius 3 is 2.60 bits per heavy atom. The fourth-order valence-corrected chi connectivity index (χ4v) is 4.15. The zero-order valence-electron chi connectivity index (χ0n) is 17.7. The standard InChI is InChI=1S/C25H29N3O2/c1-19-8-3-6-12-24(19)30-18-25(29)26-16-23(22-11-7-14-27(22)2)28-15-13-20-9-4-5-10-21(20)17-28/h3-12,14,23H,13,15-18H2,1-2H3,(H,26,29)/t23-/m0/s1. The fraction of sp³-hybridized carbons (Fsp3) is 0.320. The molecule has 0 bridgehead atoms. The maximum atomic E-state index is 12.5. The van der Waals surface area contributed by atoms with E-state index < -0.39 is 0 Å². The van der Waals surface area contributed by atoms with Crippen LogP contribution in [0.5, 0.6) is 5.75 Å². The second-order valence-electron chi connectivity index (χ2n) is 7.91. The summed E-state index contributed by atoms with van der Waals surface area (Å²) in [6.07, 6.45) is 3.09. The first-order valence-corrected chi connectivity index (χ1v) is 10.5. The summed E-state index contributed by atoms with van der Waals surface area (Å²) in [5, 5.41) is 3.09. The Balaban J connectivity index is 1.42. The fourth-order valence-electron chi connectivity index (χ4n) is 4.15. The summed E-state index contributed by atoms with van der Waals surface area (Å²) < 4.78 is 7.85. The average molecular weight is 404 g/mol. The van der Waals surface area contributed by atoms with Gasteiger partial charge < -0.3 is 14.6 Å². The molecule has 156 valence electrons. The zero-order chi connectivity index (χ0) is 20.9. The van der Waals surface area contributed by atoms with E-state index in [0.717, 1.165) is 30.8 Å². The quantitative estimate of drug-likeness (QED) is 0.655. The monoisotopic (exact) mass is 403 g/mol. The highest BCUT2D eigenvalue weighted by atomic mass is 16.5. The molecular formula is C25H29N3O2. The summed E-state index contributed by atoms with van der Waals surface area (Å²) in [6.45, 7) is 4.42. The van der Waals surface area contributed by atoms with Crippen LogP contribution in [0.3, 0.4) is 0 Å². The van der Waals surface area contributed by atoms with E-state index in [2.05, 4.69) is 64.4 Å². The van der Waals surface area contributed by atoms with Crippen molar-refractivity contribution in [3.63, 3.8) is 0 Å². The largest absolute Gasteiger partial charge is 0.484 e. The predicted molar refractivity (Wildman–Crippen MR) is 118 cm³/mol. The van der Waals surface area contributed by atoms with Crippen molar-refractivity contribution < 1.29 is 9.53 Å². The SMILES string of the molecule is Cc1ccccc1OCC(=O)NC[C@@H](c1cccn1C)N1CCc2ccccc2C1. The van der Waals surface area contributed by atoms with Crippen molar-refractivity contribution in [1.29, 1.82) is 0 Å². The van der Waals surface area contributed by atoms with Crippen LogP contribution < -0.4 is 10.1 Å². The van der Waals surface area contributed by atoms with Gasteiger partial charge in [-0.25, -0.2) is 0 Å². The number of rotatable bonds is 7. The van der Waals surface area contributed by atoms with Crippen molar-refractivity contribution in [3.8, 4) is 5.75 Å². The van der Waals surface area contributed by atoms with E-state index in [4.69, 9.17) is 4.74 Å². The predicted octanol–water partition coefficient (Wildman–Crippen LogP) is 3.63. The molecule has 0 fully saturated rings. The minimum atomic E-state index is -0.102. The van der Waals surface area contributed by atoms with Crippen LogP contribution in [-0.4, -0.2) is 35.1 Å². The van der Waals surface area contributed by atoms with Crippen LogP contribution in [-0.2, 0) is 24.8 Å². The number of nitrogens with one attached hydrogen (secondary N) is 1. The Bertz CT molecular complexity index is 1010. The Labute approximate surface area is 178 Å². The molecule has 5 heteroatoms. The number of aromatic nitrogens is 1. The summed E-state index contributed by atoms with van der Waals surface area (Å²) in [6, 6.07) is 20.7. The molecule has 2 aromatic carbocycles. The summed E-state index contributed by atoms with van der Waals surface area (Å²) >= 11 is 0. The van der Waals surface area contributed by atoms with Gasteiger partial charge in [-0.3, -0.25) is 9.69 Å². The first-order valence-electron chi connectivity index (χ1n) is 10.5. The van der Waals surface area contributed by atoms with Gasteiger partial charge in [0.25, 0.3) is 5.91 Å². The molecule has 0 radical (unpaired) electrons. The number of carbonyl (C=O) groups is 1. The Morgan fingerprint density at radius 2 is 1.83 bits per heavy atom. The van der Waals surface area contributed by atoms with Crippen molar-refractivity contribution in [1.82, 2.24) is 14.8 Å². The Morgan fingerprint density at radius 1 is 1.07 bits per heavy atom.